The van der Waals surface area contributed by atoms with Gasteiger partial charge in [0.05, 0.1) is 16.9 Å². The van der Waals surface area contributed by atoms with Crippen LogP contribution in [0.1, 0.15) is 44.0 Å². The first-order valence-electron chi connectivity index (χ1n) is 7.82. The third-order valence-electron chi connectivity index (χ3n) is 3.76. The van der Waals surface area contributed by atoms with E-state index in [9.17, 15) is 4.79 Å². The van der Waals surface area contributed by atoms with Crippen molar-refractivity contribution in [3.05, 3.63) is 23.8 Å². The van der Waals surface area contributed by atoms with Gasteiger partial charge in [0.25, 0.3) is 0 Å². The second kappa shape index (κ2) is 6.57. The topological polar surface area (TPSA) is 67.6 Å². The second-order valence-electron chi connectivity index (χ2n) is 7.03. The predicted octanol–water partition coefficient (Wildman–Crippen LogP) is 2.73. The van der Waals surface area contributed by atoms with Crippen LogP contribution < -0.4 is 11.1 Å². The Morgan fingerprint density at radius 1 is 1.32 bits per heavy atom. The van der Waals surface area contributed by atoms with Crippen LogP contribution in [0.5, 0.6) is 0 Å². The minimum Gasteiger partial charge on any atom is -0.456 e. The molecule has 0 aliphatic carbocycles. The lowest BCUT2D eigenvalue weighted by molar-refractivity contribution is 0.00696. The average Bonchev–Trinajstić information content (AvgIpc) is 2.41. The summed E-state index contributed by atoms with van der Waals surface area (Å²) in [6, 6.07) is 5.76. The molecule has 1 aromatic rings. The van der Waals surface area contributed by atoms with E-state index in [1.807, 2.05) is 26.8 Å². The summed E-state index contributed by atoms with van der Waals surface area (Å²) in [7, 11) is 2.14. The molecule has 1 aliphatic heterocycles. The van der Waals surface area contributed by atoms with Crippen molar-refractivity contribution in [2.75, 3.05) is 31.2 Å². The summed E-state index contributed by atoms with van der Waals surface area (Å²) < 4.78 is 5.36. The molecule has 22 heavy (non-hydrogen) atoms. The van der Waals surface area contributed by atoms with Crippen LogP contribution in [-0.4, -0.2) is 42.6 Å². The van der Waals surface area contributed by atoms with Crippen LogP contribution in [0.15, 0.2) is 18.2 Å². The highest BCUT2D eigenvalue weighted by molar-refractivity contribution is 5.92. The zero-order chi connectivity index (χ0) is 16.3. The van der Waals surface area contributed by atoms with Gasteiger partial charge in [0.2, 0.25) is 0 Å². The zero-order valence-corrected chi connectivity index (χ0v) is 14.0. The Morgan fingerprint density at radius 3 is 2.50 bits per heavy atom. The molecule has 1 aliphatic rings. The number of carbonyl (C=O) groups is 1. The number of likely N-dealkylation sites (tertiary alicyclic amines) is 1. The van der Waals surface area contributed by atoms with Crippen molar-refractivity contribution in [2.45, 2.75) is 45.3 Å². The predicted molar refractivity (Wildman–Crippen MR) is 90.2 cm³/mol. The molecule has 0 amide bonds. The lowest BCUT2D eigenvalue weighted by atomic mass is 10.0. The quantitative estimate of drug-likeness (QED) is 0.664. The molecule has 2 rings (SSSR count). The maximum absolute atomic E-state index is 12.0. The number of hydrogen-bond acceptors (Lipinski definition) is 5. The number of esters is 1. The first-order valence-corrected chi connectivity index (χ1v) is 7.82. The molecular weight excluding hydrogens is 278 g/mol. The van der Waals surface area contributed by atoms with Crippen molar-refractivity contribution in [3.63, 3.8) is 0 Å². The highest BCUT2D eigenvalue weighted by Crippen LogP contribution is 2.24. The van der Waals surface area contributed by atoms with E-state index >= 15 is 0 Å². The summed E-state index contributed by atoms with van der Waals surface area (Å²) in [5, 5.41) is 3.48. The molecule has 0 unspecified atom stereocenters. The average molecular weight is 305 g/mol. The van der Waals surface area contributed by atoms with E-state index in [4.69, 9.17) is 10.5 Å². The fourth-order valence-corrected chi connectivity index (χ4v) is 2.53. The summed E-state index contributed by atoms with van der Waals surface area (Å²) >= 11 is 0. The number of ether oxygens (including phenoxy) is 1. The molecule has 1 heterocycles. The van der Waals surface area contributed by atoms with Gasteiger partial charge in [0, 0.05) is 6.04 Å². The highest BCUT2D eigenvalue weighted by Gasteiger charge is 2.20. The Balaban J connectivity index is 2.02. The molecule has 0 atom stereocenters. The number of carbonyl (C=O) groups excluding carboxylic acids is 1. The molecule has 1 saturated heterocycles. The monoisotopic (exact) mass is 305 g/mol. The van der Waals surface area contributed by atoms with E-state index in [0.717, 1.165) is 31.6 Å². The largest absolute Gasteiger partial charge is 0.456 e. The fourth-order valence-electron chi connectivity index (χ4n) is 2.53. The van der Waals surface area contributed by atoms with Crippen LogP contribution in [0.2, 0.25) is 0 Å². The van der Waals surface area contributed by atoms with Crippen LogP contribution >= 0.6 is 0 Å². The van der Waals surface area contributed by atoms with Gasteiger partial charge in [0.1, 0.15) is 5.60 Å². The van der Waals surface area contributed by atoms with Gasteiger partial charge in [-0.1, -0.05) is 0 Å². The third kappa shape index (κ3) is 4.63. The molecule has 5 nitrogen and oxygen atoms in total. The number of nitrogens with zero attached hydrogens (tertiary/aromatic N) is 1. The minimum absolute atomic E-state index is 0.343. The van der Waals surface area contributed by atoms with Gasteiger partial charge in [-0.15, -0.1) is 0 Å². The lowest BCUT2D eigenvalue weighted by Gasteiger charge is -2.30. The molecule has 0 saturated carbocycles. The van der Waals surface area contributed by atoms with Gasteiger partial charge in [-0.25, -0.2) is 4.79 Å². The first kappa shape index (κ1) is 16.6. The van der Waals surface area contributed by atoms with Crippen molar-refractivity contribution in [1.82, 2.24) is 4.90 Å². The van der Waals surface area contributed by atoms with E-state index < -0.39 is 5.60 Å². The number of rotatable bonds is 3. The smallest absolute Gasteiger partial charge is 0.338 e. The van der Waals surface area contributed by atoms with Crippen molar-refractivity contribution in [3.8, 4) is 0 Å². The van der Waals surface area contributed by atoms with E-state index in [1.54, 1.807) is 12.1 Å². The van der Waals surface area contributed by atoms with Gasteiger partial charge in [-0.3, -0.25) is 0 Å². The molecule has 1 aromatic carbocycles. The van der Waals surface area contributed by atoms with E-state index in [1.165, 1.54) is 0 Å². The number of benzene rings is 1. The van der Waals surface area contributed by atoms with Gasteiger partial charge < -0.3 is 20.7 Å². The Labute approximate surface area is 132 Å². The van der Waals surface area contributed by atoms with Gasteiger partial charge in [-0.2, -0.15) is 0 Å². The number of nitrogens with one attached hydrogen (secondary N) is 1. The van der Waals surface area contributed by atoms with Crippen molar-refractivity contribution in [2.24, 2.45) is 0 Å². The second-order valence-corrected chi connectivity index (χ2v) is 7.03. The lowest BCUT2D eigenvalue weighted by Crippen LogP contribution is -2.36. The van der Waals surface area contributed by atoms with Crippen LogP contribution in [0.3, 0.4) is 0 Å². The van der Waals surface area contributed by atoms with Crippen LogP contribution in [-0.2, 0) is 4.74 Å². The van der Waals surface area contributed by atoms with Crippen molar-refractivity contribution < 1.29 is 9.53 Å². The summed E-state index contributed by atoms with van der Waals surface area (Å²) in [5.41, 5.74) is 7.55. The Hall–Kier alpha value is -1.75. The maximum atomic E-state index is 12.0. The summed E-state index contributed by atoms with van der Waals surface area (Å²) in [4.78, 5) is 14.4. The summed E-state index contributed by atoms with van der Waals surface area (Å²) in [6.45, 7) is 7.74. The maximum Gasteiger partial charge on any atom is 0.338 e. The molecule has 1 fully saturated rings. The van der Waals surface area contributed by atoms with E-state index in [2.05, 4.69) is 17.3 Å². The molecule has 122 valence electrons. The standard InChI is InChI=1S/C17H27N3O2/c1-17(2,3)22-16(21)12-5-6-15(14(18)11-12)19-13-7-9-20(4)10-8-13/h5-6,11,13,19H,7-10,18H2,1-4H3. The summed E-state index contributed by atoms with van der Waals surface area (Å²) in [5.74, 6) is -0.343. The third-order valence-corrected chi connectivity index (χ3v) is 3.76. The number of nitrogens with two attached hydrogens (primary N) is 1. The van der Waals surface area contributed by atoms with Crippen molar-refractivity contribution in [1.29, 1.82) is 0 Å². The first-order chi connectivity index (χ1) is 10.2. The van der Waals surface area contributed by atoms with Crippen molar-refractivity contribution >= 4 is 17.3 Å². The molecule has 0 spiro atoms. The molecular formula is C17H27N3O2. The van der Waals surface area contributed by atoms with Gasteiger partial charge >= 0.3 is 5.97 Å². The Morgan fingerprint density at radius 2 is 1.95 bits per heavy atom. The highest BCUT2D eigenvalue weighted by atomic mass is 16.6. The van der Waals surface area contributed by atoms with E-state index in [-0.39, 0.29) is 5.97 Å². The number of piperidine rings is 1. The van der Waals surface area contributed by atoms with Crippen LogP contribution in [0, 0.1) is 0 Å². The van der Waals surface area contributed by atoms with Crippen LogP contribution in [0.4, 0.5) is 11.4 Å². The SMILES string of the molecule is CN1CCC(Nc2ccc(C(=O)OC(C)(C)C)cc2N)CC1. The van der Waals surface area contributed by atoms with Gasteiger partial charge in [0.15, 0.2) is 0 Å². The normalized spacial score (nSPS) is 17.3. The molecule has 5 heteroatoms. The Bertz CT molecular complexity index is 529. The number of hydrogen-bond donors (Lipinski definition) is 2. The molecule has 0 bridgehead atoms. The van der Waals surface area contributed by atoms with E-state index in [0.29, 0.717) is 17.3 Å². The Kier molecular flexibility index (Phi) is 4.96. The fraction of sp³-hybridized carbons (Fsp3) is 0.588. The molecule has 0 aromatic heterocycles. The molecule has 0 radical (unpaired) electrons. The number of anilines is 2. The van der Waals surface area contributed by atoms with Crippen LogP contribution in [0.25, 0.3) is 0 Å². The zero-order valence-electron chi connectivity index (χ0n) is 14.0. The number of nitrogen functional groups attached to an aromatic ring is 1. The minimum atomic E-state index is -0.503. The molecule has 3 N–H and O–H groups in total. The van der Waals surface area contributed by atoms with Gasteiger partial charge in [-0.05, 0) is 71.9 Å². The summed E-state index contributed by atoms with van der Waals surface area (Å²) in [6.07, 6.45) is 2.20.